The number of anilines is 3. The van der Waals surface area contributed by atoms with Gasteiger partial charge in [-0.15, -0.1) is 0 Å². The lowest BCUT2D eigenvalue weighted by molar-refractivity contribution is 0.660. The van der Waals surface area contributed by atoms with E-state index in [2.05, 4.69) is 219 Å². The van der Waals surface area contributed by atoms with Gasteiger partial charge in [0.25, 0.3) is 0 Å². The lowest BCUT2D eigenvalue weighted by Crippen LogP contribution is -2.29. The molecule has 0 heterocycles. The van der Waals surface area contributed by atoms with E-state index >= 15 is 0 Å². The minimum atomic E-state index is -0.408. The number of hydrogen-bond donors (Lipinski definition) is 0. The van der Waals surface area contributed by atoms with Gasteiger partial charge >= 0.3 is 0 Å². The van der Waals surface area contributed by atoms with Gasteiger partial charge < -0.3 is 4.90 Å². The van der Waals surface area contributed by atoms with Crippen LogP contribution in [-0.4, -0.2) is 0 Å². The second kappa shape index (κ2) is 12.9. The number of allylic oxidation sites excluding steroid dienone is 4. The molecule has 1 unspecified atom stereocenters. The number of benzene rings is 8. The molecule has 3 aliphatic carbocycles. The third-order valence-corrected chi connectivity index (χ3v) is 13.0. The molecule has 0 aliphatic heterocycles. The van der Waals surface area contributed by atoms with Crippen LogP contribution >= 0.6 is 0 Å². The summed E-state index contributed by atoms with van der Waals surface area (Å²) in [6.45, 7) is 4.75. The van der Waals surface area contributed by atoms with Gasteiger partial charge in [-0.25, -0.2) is 0 Å². The van der Waals surface area contributed by atoms with E-state index in [9.17, 15) is 0 Å². The van der Waals surface area contributed by atoms with Crippen molar-refractivity contribution >= 4 is 27.8 Å². The highest BCUT2D eigenvalue weighted by Crippen LogP contribution is 2.59. The molecule has 1 nitrogen and oxygen atoms in total. The van der Waals surface area contributed by atoms with Crippen molar-refractivity contribution in [3.63, 3.8) is 0 Å². The van der Waals surface area contributed by atoms with Crippen LogP contribution in [0, 0.1) is 0 Å². The number of rotatable bonds is 6. The van der Waals surface area contributed by atoms with Crippen molar-refractivity contribution in [3.05, 3.63) is 234 Å². The molecule has 8 aromatic carbocycles. The molecule has 1 heteroatoms. The minimum Gasteiger partial charge on any atom is -0.310 e. The quantitative estimate of drug-likeness (QED) is 0.165. The average molecular weight is 730 g/mol. The van der Waals surface area contributed by atoms with Gasteiger partial charge in [0, 0.05) is 22.4 Å². The number of fused-ring (bicyclic) bond motifs is 7. The van der Waals surface area contributed by atoms with Gasteiger partial charge in [0.2, 0.25) is 0 Å². The maximum atomic E-state index is 2.53. The molecular weight excluding hydrogens is 687 g/mol. The van der Waals surface area contributed by atoms with Crippen LogP contribution in [0.1, 0.15) is 54.5 Å². The highest BCUT2D eigenvalue weighted by atomic mass is 15.1. The van der Waals surface area contributed by atoms with Crippen molar-refractivity contribution in [1.82, 2.24) is 0 Å². The summed E-state index contributed by atoms with van der Waals surface area (Å²) >= 11 is 0. The van der Waals surface area contributed by atoms with Crippen LogP contribution in [0.25, 0.3) is 44.2 Å². The summed E-state index contributed by atoms with van der Waals surface area (Å²) in [5.41, 5.74) is 18.7. The first-order valence-electron chi connectivity index (χ1n) is 20.3. The van der Waals surface area contributed by atoms with Crippen LogP contribution in [0.3, 0.4) is 0 Å². The monoisotopic (exact) mass is 729 g/mol. The van der Waals surface area contributed by atoms with Crippen molar-refractivity contribution in [2.24, 2.45) is 0 Å². The molecule has 0 spiro atoms. The summed E-state index contributed by atoms with van der Waals surface area (Å²) in [5, 5.41) is 2.47. The molecule has 0 aromatic heterocycles. The smallest absolute Gasteiger partial charge is 0.0710 e. The van der Waals surface area contributed by atoms with E-state index in [1.807, 2.05) is 0 Å². The van der Waals surface area contributed by atoms with E-state index in [-0.39, 0.29) is 5.41 Å². The van der Waals surface area contributed by atoms with Gasteiger partial charge in [0.05, 0.1) is 11.1 Å². The maximum Gasteiger partial charge on any atom is 0.0710 e. The van der Waals surface area contributed by atoms with Crippen molar-refractivity contribution in [1.29, 1.82) is 0 Å². The van der Waals surface area contributed by atoms with Crippen LogP contribution in [-0.2, 0) is 10.8 Å². The fourth-order valence-electron chi connectivity index (χ4n) is 10.4. The van der Waals surface area contributed by atoms with Gasteiger partial charge in [-0.3, -0.25) is 0 Å². The van der Waals surface area contributed by atoms with E-state index in [4.69, 9.17) is 0 Å². The number of nitrogens with zero attached hydrogens (tertiary/aromatic N) is 1. The zero-order valence-electron chi connectivity index (χ0n) is 32.4. The van der Waals surface area contributed by atoms with Gasteiger partial charge in [0.1, 0.15) is 0 Å². The Labute approximate surface area is 335 Å². The van der Waals surface area contributed by atoms with Crippen molar-refractivity contribution < 1.29 is 0 Å². The SMILES string of the molecule is CC1(C)c2ccccc2-c2ccc(N(c3ccc4c(c3)-c3ccccc3C4(C3=CCCC=C3)c3ccccc3)c3ccc4ccccc4c3-c3ccccc3)cc21. The normalized spacial score (nSPS) is 17.1. The summed E-state index contributed by atoms with van der Waals surface area (Å²) in [6, 6.07) is 68.1. The van der Waals surface area contributed by atoms with Crippen LogP contribution < -0.4 is 4.90 Å². The summed E-state index contributed by atoms with van der Waals surface area (Å²) in [4.78, 5) is 2.53. The predicted molar refractivity (Wildman–Crippen MR) is 240 cm³/mol. The van der Waals surface area contributed by atoms with Crippen molar-refractivity contribution in [2.45, 2.75) is 37.5 Å². The summed E-state index contributed by atoms with van der Waals surface area (Å²) in [5.74, 6) is 0. The molecule has 272 valence electrons. The van der Waals surface area contributed by atoms with Crippen molar-refractivity contribution in [2.75, 3.05) is 4.90 Å². The Balaban J connectivity index is 1.20. The maximum absolute atomic E-state index is 2.53. The molecule has 1 atom stereocenters. The lowest BCUT2D eigenvalue weighted by atomic mass is 9.66. The average Bonchev–Trinajstić information content (AvgIpc) is 3.70. The predicted octanol–water partition coefficient (Wildman–Crippen LogP) is 14.9. The first-order chi connectivity index (χ1) is 28.0. The number of hydrogen-bond acceptors (Lipinski definition) is 1. The Morgan fingerprint density at radius 2 is 1.11 bits per heavy atom. The van der Waals surface area contributed by atoms with Crippen LogP contribution in [0.2, 0.25) is 0 Å². The van der Waals surface area contributed by atoms with Gasteiger partial charge in [-0.2, -0.15) is 0 Å². The Hall–Kier alpha value is -6.70. The zero-order chi connectivity index (χ0) is 38.1. The first kappa shape index (κ1) is 33.6. The molecule has 0 bridgehead atoms. The van der Waals surface area contributed by atoms with E-state index < -0.39 is 5.41 Å². The van der Waals surface area contributed by atoms with Crippen LogP contribution in [0.15, 0.2) is 206 Å². The second-order valence-electron chi connectivity index (χ2n) is 16.3. The Kier molecular flexibility index (Phi) is 7.63. The molecule has 11 rings (SSSR count). The largest absolute Gasteiger partial charge is 0.310 e. The third-order valence-electron chi connectivity index (χ3n) is 13.0. The van der Waals surface area contributed by atoms with E-state index in [0.717, 1.165) is 29.9 Å². The molecule has 0 N–H and O–H groups in total. The van der Waals surface area contributed by atoms with Crippen LogP contribution in [0.4, 0.5) is 17.1 Å². The molecule has 0 fully saturated rings. The van der Waals surface area contributed by atoms with Gasteiger partial charge in [-0.1, -0.05) is 184 Å². The second-order valence-corrected chi connectivity index (χ2v) is 16.3. The Morgan fingerprint density at radius 1 is 0.474 bits per heavy atom. The fourth-order valence-corrected chi connectivity index (χ4v) is 10.4. The Morgan fingerprint density at radius 3 is 1.89 bits per heavy atom. The highest BCUT2D eigenvalue weighted by Gasteiger charge is 2.47. The third kappa shape index (κ3) is 4.95. The molecule has 3 aliphatic rings. The van der Waals surface area contributed by atoms with Crippen LogP contribution in [0.5, 0.6) is 0 Å². The topological polar surface area (TPSA) is 3.24 Å². The molecular formula is C56H43N. The summed E-state index contributed by atoms with van der Waals surface area (Å²) in [7, 11) is 0. The standard InChI is InChI=1S/C56H43N/c1-55(2)49-28-16-14-26-45(49)47-33-31-43(37-52(47)55)57(53-35-30-38-18-12-13-25-44(38)54(53)39-19-6-3-7-20-39)42-32-34-51-48(36-42)46-27-15-17-29-50(46)56(51,40-21-8-4-9-22-40)41-23-10-5-11-24-41/h3-4,6-10,12-37H,5,11H2,1-2H3. The summed E-state index contributed by atoms with van der Waals surface area (Å²) in [6.07, 6.45) is 9.34. The van der Waals surface area contributed by atoms with Crippen molar-refractivity contribution in [3.8, 4) is 33.4 Å². The van der Waals surface area contributed by atoms with E-state index in [1.54, 1.807) is 0 Å². The Bertz CT molecular complexity index is 2930. The van der Waals surface area contributed by atoms with E-state index in [1.165, 1.54) is 77.5 Å². The fraction of sp³-hybridized carbons (Fsp3) is 0.107. The molecule has 57 heavy (non-hydrogen) atoms. The molecule has 8 aromatic rings. The molecule has 0 saturated heterocycles. The molecule has 0 saturated carbocycles. The van der Waals surface area contributed by atoms with Gasteiger partial charge in [0.15, 0.2) is 0 Å². The highest BCUT2D eigenvalue weighted by molar-refractivity contribution is 6.06. The molecule has 0 amide bonds. The lowest BCUT2D eigenvalue weighted by Gasteiger charge is -2.36. The summed E-state index contributed by atoms with van der Waals surface area (Å²) < 4.78 is 0. The first-order valence-corrected chi connectivity index (χ1v) is 20.3. The minimum absolute atomic E-state index is 0.132. The van der Waals surface area contributed by atoms with Gasteiger partial charge in [-0.05, 0) is 115 Å². The van der Waals surface area contributed by atoms with E-state index in [0.29, 0.717) is 0 Å². The molecule has 0 radical (unpaired) electrons. The zero-order valence-corrected chi connectivity index (χ0v) is 32.4.